The maximum absolute atomic E-state index is 13.2. The van der Waals surface area contributed by atoms with Crippen LogP contribution >= 0.6 is 0 Å². The number of fused-ring (bicyclic) bond motifs is 1. The van der Waals surface area contributed by atoms with Crippen LogP contribution in [0.3, 0.4) is 0 Å². The van der Waals surface area contributed by atoms with Gasteiger partial charge >= 0.3 is 0 Å². The summed E-state index contributed by atoms with van der Waals surface area (Å²) in [5.74, 6) is -0.285. The number of benzene rings is 2. The number of ether oxygens (including phenoxy) is 1. The third-order valence-corrected chi connectivity index (χ3v) is 5.31. The number of hydrogen-bond acceptors (Lipinski definition) is 6. The average molecular weight is 428 g/mol. The Kier molecular flexibility index (Phi) is 6.06. The molecule has 32 heavy (non-hydrogen) atoms. The lowest BCUT2D eigenvalue weighted by atomic mass is 10.1. The molecule has 1 aliphatic heterocycles. The van der Waals surface area contributed by atoms with Gasteiger partial charge < -0.3 is 19.6 Å². The van der Waals surface area contributed by atoms with Crippen LogP contribution in [-0.2, 0) is 26.2 Å². The molecule has 0 aliphatic carbocycles. The summed E-state index contributed by atoms with van der Waals surface area (Å²) in [6.07, 6.45) is 1.81. The molecule has 0 fully saturated rings. The molecule has 4 rings (SSSR count). The smallest absolute Gasteiger partial charge is 0.258 e. The molecular formula is C25H24N4O3. The van der Waals surface area contributed by atoms with Gasteiger partial charge in [0, 0.05) is 31.9 Å². The zero-order valence-corrected chi connectivity index (χ0v) is 18.1. The van der Waals surface area contributed by atoms with Crippen molar-refractivity contribution in [3.63, 3.8) is 0 Å². The Balaban J connectivity index is 1.55. The maximum Gasteiger partial charge on any atom is 0.258 e. The van der Waals surface area contributed by atoms with E-state index in [0.717, 1.165) is 28.9 Å². The molecule has 0 radical (unpaired) electrons. The Morgan fingerprint density at radius 3 is 2.66 bits per heavy atom. The fraction of sp³-hybridized carbons (Fsp3) is 0.240. The van der Waals surface area contributed by atoms with Crippen molar-refractivity contribution in [2.45, 2.75) is 26.2 Å². The number of phenolic OH excluding ortho intramolecular Hbond substituents is 1. The molecule has 1 aromatic heterocycles. The van der Waals surface area contributed by atoms with Crippen molar-refractivity contribution in [2.24, 2.45) is 0 Å². The minimum atomic E-state index is -0.318. The van der Waals surface area contributed by atoms with Crippen LogP contribution in [0.25, 0.3) is 0 Å². The van der Waals surface area contributed by atoms with Crippen LogP contribution in [0, 0.1) is 11.3 Å². The highest BCUT2D eigenvalue weighted by Crippen LogP contribution is 2.32. The number of carbonyl (C=O) groups is 1. The molecule has 0 saturated carbocycles. The first kappa shape index (κ1) is 21.3. The van der Waals surface area contributed by atoms with Gasteiger partial charge in [0.05, 0.1) is 16.8 Å². The zero-order valence-electron chi connectivity index (χ0n) is 18.1. The van der Waals surface area contributed by atoms with Gasteiger partial charge in [-0.15, -0.1) is 0 Å². The number of pyridine rings is 1. The average Bonchev–Trinajstić information content (AvgIpc) is 3.21. The van der Waals surface area contributed by atoms with Crippen LogP contribution in [-0.4, -0.2) is 39.9 Å². The summed E-state index contributed by atoms with van der Waals surface area (Å²) in [6.45, 7) is 1.84. The van der Waals surface area contributed by atoms with Crippen molar-refractivity contribution in [1.82, 2.24) is 14.8 Å². The van der Waals surface area contributed by atoms with Gasteiger partial charge in [-0.2, -0.15) is 5.26 Å². The van der Waals surface area contributed by atoms with E-state index in [1.54, 1.807) is 4.90 Å². The lowest BCUT2D eigenvalue weighted by molar-refractivity contribution is 0.0747. The highest BCUT2D eigenvalue weighted by Gasteiger charge is 2.27. The molecule has 3 aromatic rings. The third-order valence-electron chi connectivity index (χ3n) is 5.31. The number of amides is 1. The lowest BCUT2D eigenvalue weighted by Gasteiger charge is -2.17. The molecule has 0 bridgehead atoms. The number of aromatic hydroxyl groups is 1. The molecule has 7 heteroatoms. The second-order valence-electron chi connectivity index (χ2n) is 8.09. The molecule has 2 aromatic carbocycles. The van der Waals surface area contributed by atoms with E-state index in [-0.39, 0.29) is 35.1 Å². The molecule has 162 valence electrons. The second-order valence-corrected chi connectivity index (χ2v) is 8.09. The summed E-state index contributed by atoms with van der Waals surface area (Å²) in [5, 5.41) is 19.9. The standard InChI is InChI=1S/C25H24N4O3/c1-28(2)15-21-8-19-13-29(14-20(19)12-27-21)25(31)22-10-24(18(11-26)9-23(22)30)32-16-17-6-4-3-5-7-17/h3-10,12,30H,13-16H2,1-2H3. The second kappa shape index (κ2) is 9.08. The molecule has 0 saturated heterocycles. The van der Waals surface area contributed by atoms with E-state index in [1.165, 1.54) is 12.1 Å². The minimum Gasteiger partial charge on any atom is -0.507 e. The van der Waals surface area contributed by atoms with E-state index in [2.05, 4.69) is 4.98 Å². The summed E-state index contributed by atoms with van der Waals surface area (Å²) in [6, 6.07) is 16.3. The monoisotopic (exact) mass is 428 g/mol. The first-order chi connectivity index (χ1) is 15.4. The topological polar surface area (TPSA) is 89.7 Å². The molecule has 7 nitrogen and oxygen atoms in total. The summed E-state index contributed by atoms with van der Waals surface area (Å²) < 4.78 is 5.82. The van der Waals surface area contributed by atoms with Crippen LogP contribution in [0.1, 0.15) is 38.3 Å². The Bertz CT molecular complexity index is 1190. The van der Waals surface area contributed by atoms with E-state index in [1.807, 2.05) is 67.7 Å². The molecule has 2 heterocycles. The number of aromatic nitrogens is 1. The zero-order chi connectivity index (χ0) is 22.7. The highest BCUT2D eigenvalue weighted by atomic mass is 16.5. The van der Waals surface area contributed by atoms with Gasteiger partial charge in [0.1, 0.15) is 24.2 Å². The number of nitrogens with zero attached hydrogens (tertiary/aromatic N) is 4. The van der Waals surface area contributed by atoms with E-state index < -0.39 is 0 Å². The van der Waals surface area contributed by atoms with Gasteiger partial charge in [-0.1, -0.05) is 30.3 Å². The molecule has 0 atom stereocenters. The van der Waals surface area contributed by atoms with E-state index >= 15 is 0 Å². The van der Waals surface area contributed by atoms with Crippen molar-refractivity contribution >= 4 is 5.91 Å². The molecule has 1 aliphatic rings. The Morgan fingerprint density at radius 2 is 1.94 bits per heavy atom. The summed E-state index contributed by atoms with van der Waals surface area (Å²) in [4.78, 5) is 21.4. The molecule has 1 N–H and O–H groups in total. The quantitative estimate of drug-likeness (QED) is 0.647. The number of nitriles is 1. The highest BCUT2D eigenvalue weighted by molar-refractivity contribution is 5.98. The Hall–Kier alpha value is -3.89. The molecule has 0 unspecified atom stereocenters. The van der Waals surface area contributed by atoms with Crippen molar-refractivity contribution in [3.8, 4) is 17.6 Å². The van der Waals surface area contributed by atoms with Gasteiger partial charge in [0.2, 0.25) is 0 Å². The van der Waals surface area contributed by atoms with Crippen LogP contribution in [0.15, 0.2) is 54.7 Å². The van der Waals surface area contributed by atoms with E-state index in [9.17, 15) is 15.2 Å². The van der Waals surface area contributed by atoms with Crippen molar-refractivity contribution < 1.29 is 14.6 Å². The largest absolute Gasteiger partial charge is 0.507 e. The van der Waals surface area contributed by atoms with Gasteiger partial charge in [-0.05, 0) is 42.9 Å². The van der Waals surface area contributed by atoms with E-state index in [4.69, 9.17) is 4.74 Å². The fourth-order valence-corrected chi connectivity index (χ4v) is 3.74. The minimum absolute atomic E-state index is 0.112. The first-order valence-corrected chi connectivity index (χ1v) is 10.3. The van der Waals surface area contributed by atoms with E-state index in [0.29, 0.717) is 13.1 Å². The molecule has 1 amide bonds. The number of hydrogen-bond donors (Lipinski definition) is 1. The predicted molar refractivity (Wildman–Crippen MR) is 119 cm³/mol. The van der Waals surface area contributed by atoms with Crippen molar-refractivity contribution in [3.05, 3.63) is 88.2 Å². The van der Waals surface area contributed by atoms with Crippen molar-refractivity contribution in [2.75, 3.05) is 14.1 Å². The molecule has 0 spiro atoms. The fourth-order valence-electron chi connectivity index (χ4n) is 3.74. The SMILES string of the molecule is CN(C)Cc1cc2c(cn1)CN(C(=O)c1cc(OCc3ccccc3)c(C#N)cc1O)C2. The number of carbonyl (C=O) groups excluding carboxylic acids is 1. The summed E-state index contributed by atoms with van der Waals surface area (Å²) in [5.41, 5.74) is 4.22. The van der Waals surface area contributed by atoms with Crippen molar-refractivity contribution in [1.29, 1.82) is 5.26 Å². The first-order valence-electron chi connectivity index (χ1n) is 10.3. The normalized spacial score (nSPS) is 12.5. The Labute approximate surface area is 187 Å². The van der Waals surface area contributed by atoms with Gasteiger partial charge in [-0.25, -0.2) is 0 Å². The maximum atomic E-state index is 13.2. The van der Waals surface area contributed by atoms with Crippen LogP contribution < -0.4 is 4.74 Å². The van der Waals surface area contributed by atoms with Crippen LogP contribution in [0.4, 0.5) is 0 Å². The number of rotatable bonds is 6. The molecular weight excluding hydrogens is 404 g/mol. The van der Waals surface area contributed by atoms with Crippen LogP contribution in [0.2, 0.25) is 0 Å². The summed E-state index contributed by atoms with van der Waals surface area (Å²) >= 11 is 0. The van der Waals surface area contributed by atoms with Gasteiger partial charge in [-0.3, -0.25) is 9.78 Å². The summed E-state index contributed by atoms with van der Waals surface area (Å²) in [7, 11) is 3.96. The lowest BCUT2D eigenvalue weighted by Crippen LogP contribution is -2.25. The Morgan fingerprint density at radius 1 is 1.19 bits per heavy atom. The van der Waals surface area contributed by atoms with Gasteiger partial charge in [0.25, 0.3) is 5.91 Å². The van der Waals surface area contributed by atoms with Crippen LogP contribution in [0.5, 0.6) is 11.5 Å². The number of phenols is 1. The predicted octanol–water partition coefficient (Wildman–Crippen LogP) is 3.46. The third kappa shape index (κ3) is 4.56. The van der Waals surface area contributed by atoms with Gasteiger partial charge in [0.15, 0.2) is 0 Å².